The van der Waals surface area contributed by atoms with E-state index in [1.165, 1.54) is 0 Å². The van der Waals surface area contributed by atoms with Crippen LogP contribution in [0.15, 0.2) is 60.7 Å². The second kappa shape index (κ2) is 22.0. The van der Waals surface area contributed by atoms with Gasteiger partial charge in [-0.15, -0.1) is 0 Å². The summed E-state index contributed by atoms with van der Waals surface area (Å²) in [7, 11) is 0. The van der Waals surface area contributed by atoms with Crippen molar-refractivity contribution in [1.29, 1.82) is 0 Å². The Kier molecular flexibility index (Phi) is 18.4. The standard InChI is InChI=1S/C34H49N3O10/c1-34(2,3)47-33(41)31(45-21-20-44-19-18-43-17-16-42-15-14-35)30(39)28(22-25-10-6-4-7-11-25)37-32(40)27(36)23-29(38)46-24-26-12-8-5-9-13-26/h4-13,27-28,31H,14-24,35-36H2,1-3H3,(H,37,40)/t27-,28-,31?/m0/s1. The molecule has 0 fully saturated rings. The third kappa shape index (κ3) is 17.1. The smallest absolute Gasteiger partial charge is 0.343 e. The van der Waals surface area contributed by atoms with E-state index in [9.17, 15) is 19.2 Å². The van der Waals surface area contributed by atoms with Crippen molar-refractivity contribution in [2.24, 2.45) is 11.5 Å². The van der Waals surface area contributed by atoms with Crippen molar-refractivity contribution in [3.8, 4) is 0 Å². The fourth-order valence-electron chi connectivity index (χ4n) is 4.08. The lowest BCUT2D eigenvalue weighted by Gasteiger charge is -2.27. The molecular weight excluding hydrogens is 610 g/mol. The maximum absolute atomic E-state index is 13.9. The van der Waals surface area contributed by atoms with Crippen molar-refractivity contribution in [2.45, 2.75) is 64.0 Å². The van der Waals surface area contributed by atoms with Crippen molar-refractivity contribution < 1.29 is 47.6 Å². The molecule has 1 unspecified atom stereocenters. The van der Waals surface area contributed by atoms with Gasteiger partial charge in [-0.25, -0.2) is 4.79 Å². The Morgan fingerprint density at radius 2 is 1.30 bits per heavy atom. The van der Waals surface area contributed by atoms with Gasteiger partial charge in [0.05, 0.1) is 64.8 Å². The quantitative estimate of drug-likeness (QED) is 0.0887. The summed E-state index contributed by atoms with van der Waals surface area (Å²) in [6.45, 7) is 7.23. The third-order valence-corrected chi connectivity index (χ3v) is 6.31. The summed E-state index contributed by atoms with van der Waals surface area (Å²) in [5, 5.41) is 2.61. The van der Waals surface area contributed by atoms with Gasteiger partial charge in [0, 0.05) is 6.54 Å². The molecule has 0 aliphatic rings. The average Bonchev–Trinajstić information content (AvgIpc) is 3.03. The molecule has 13 heteroatoms. The number of ether oxygens (including phenoxy) is 6. The minimum Gasteiger partial charge on any atom is -0.461 e. The molecule has 2 aromatic carbocycles. The summed E-state index contributed by atoms with van der Waals surface area (Å²) in [6, 6.07) is 15.4. The number of amides is 1. The normalized spacial score (nSPS) is 13.3. The van der Waals surface area contributed by atoms with Crippen molar-refractivity contribution in [3.05, 3.63) is 71.8 Å². The minimum absolute atomic E-state index is 0.0268. The Labute approximate surface area is 276 Å². The van der Waals surface area contributed by atoms with E-state index in [1.54, 1.807) is 57.2 Å². The molecule has 0 spiro atoms. The zero-order valence-electron chi connectivity index (χ0n) is 27.5. The zero-order valence-corrected chi connectivity index (χ0v) is 27.5. The summed E-state index contributed by atoms with van der Waals surface area (Å²) in [5.74, 6) is -3.10. The van der Waals surface area contributed by atoms with E-state index in [1.807, 2.05) is 24.3 Å². The van der Waals surface area contributed by atoms with E-state index < -0.39 is 53.8 Å². The van der Waals surface area contributed by atoms with Gasteiger partial charge in [-0.05, 0) is 38.3 Å². The first-order valence-electron chi connectivity index (χ1n) is 15.6. The van der Waals surface area contributed by atoms with Crippen LogP contribution in [0.25, 0.3) is 0 Å². The predicted molar refractivity (Wildman–Crippen MR) is 173 cm³/mol. The van der Waals surface area contributed by atoms with Gasteiger partial charge in [0.15, 0.2) is 5.78 Å². The molecular formula is C34H49N3O10. The third-order valence-electron chi connectivity index (χ3n) is 6.31. The number of Topliss-reactive ketones (excluding diaryl/α,β-unsaturated/α-hetero) is 1. The first-order valence-corrected chi connectivity index (χ1v) is 15.6. The highest BCUT2D eigenvalue weighted by Gasteiger charge is 2.38. The van der Waals surface area contributed by atoms with Crippen LogP contribution in [0, 0.1) is 0 Å². The topological polar surface area (TPSA) is 188 Å². The SMILES string of the molecule is CC(C)(C)OC(=O)C(OCCOCCOCCOCCN)C(=O)[C@H](Cc1ccccc1)NC(=O)[C@@H](N)CC(=O)OCc1ccccc1. The molecule has 0 saturated carbocycles. The predicted octanol–water partition coefficient (Wildman–Crippen LogP) is 1.48. The Bertz CT molecular complexity index is 1210. The number of carbonyl (C=O) groups excluding carboxylic acids is 4. The van der Waals surface area contributed by atoms with Gasteiger partial charge in [0.1, 0.15) is 12.2 Å². The summed E-state index contributed by atoms with van der Waals surface area (Å²) >= 11 is 0. The summed E-state index contributed by atoms with van der Waals surface area (Å²) < 4.78 is 32.6. The van der Waals surface area contributed by atoms with Crippen LogP contribution in [-0.4, -0.2) is 100 Å². The molecule has 13 nitrogen and oxygen atoms in total. The van der Waals surface area contributed by atoms with Gasteiger partial charge >= 0.3 is 11.9 Å². The van der Waals surface area contributed by atoms with Gasteiger partial charge in [0.2, 0.25) is 12.0 Å². The second-order valence-corrected chi connectivity index (χ2v) is 11.5. The van der Waals surface area contributed by atoms with Gasteiger partial charge < -0.3 is 45.2 Å². The number of benzene rings is 2. The molecule has 0 heterocycles. The fourth-order valence-corrected chi connectivity index (χ4v) is 4.08. The Hall–Kier alpha value is -3.72. The summed E-state index contributed by atoms with van der Waals surface area (Å²) in [6.07, 6.45) is -2.06. The Morgan fingerprint density at radius 1 is 0.766 bits per heavy atom. The molecule has 2 rings (SSSR count). The van der Waals surface area contributed by atoms with Crippen LogP contribution >= 0.6 is 0 Å². The van der Waals surface area contributed by atoms with Crippen molar-refractivity contribution in [2.75, 3.05) is 52.8 Å². The van der Waals surface area contributed by atoms with Crippen LogP contribution in [0.1, 0.15) is 38.3 Å². The van der Waals surface area contributed by atoms with Gasteiger partial charge in [-0.3, -0.25) is 14.4 Å². The number of ketones is 1. The molecule has 0 saturated heterocycles. The van der Waals surface area contributed by atoms with Crippen LogP contribution in [0.5, 0.6) is 0 Å². The first kappa shape index (κ1) is 39.5. The molecule has 3 atom stereocenters. The maximum Gasteiger partial charge on any atom is 0.343 e. The van der Waals surface area contributed by atoms with Crippen LogP contribution in [0.4, 0.5) is 0 Å². The molecule has 0 aromatic heterocycles. The van der Waals surface area contributed by atoms with E-state index in [0.717, 1.165) is 5.56 Å². The van der Waals surface area contributed by atoms with Crippen LogP contribution in [0.3, 0.4) is 0 Å². The molecule has 1 amide bonds. The van der Waals surface area contributed by atoms with E-state index in [4.69, 9.17) is 39.9 Å². The lowest BCUT2D eigenvalue weighted by molar-refractivity contribution is -0.173. The second-order valence-electron chi connectivity index (χ2n) is 11.5. The summed E-state index contributed by atoms with van der Waals surface area (Å²) in [5.41, 5.74) is 12.0. The van der Waals surface area contributed by atoms with E-state index in [0.29, 0.717) is 38.5 Å². The molecule has 2 aromatic rings. The molecule has 0 aliphatic heterocycles. The van der Waals surface area contributed by atoms with E-state index in [2.05, 4.69) is 5.32 Å². The number of hydrogen-bond donors (Lipinski definition) is 3. The lowest BCUT2D eigenvalue weighted by Crippen LogP contribution is -2.54. The Morgan fingerprint density at radius 3 is 1.85 bits per heavy atom. The molecule has 0 radical (unpaired) electrons. The van der Waals surface area contributed by atoms with Crippen LogP contribution < -0.4 is 16.8 Å². The largest absolute Gasteiger partial charge is 0.461 e. The van der Waals surface area contributed by atoms with Crippen molar-refractivity contribution >= 4 is 23.6 Å². The molecule has 0 aliphatic carbocycles. The van der Waals surface area contributed by atoms with Gasteiger partial charge in [-0.1, -0.05) is 60.7 Å². The fraction of sp³-hybridized carbons (Fsp3) is 0.529. The minimum atomic E-state index is -1.67. The number of hydrogen-bond acceptors (Lipinski definition) is 12. The molecule has 47 heavy (non-hydrogen) atoms. The Balaban J connectivity index is 2.04. The summed E-state index contributed by atoms with van der Waals surface area (Å²) in [4.78, 5) is 52.6. The van der Waals surface area contributed by atoms with Crippen LogP contribution in [-0.2, 0) is 60.6 Å². The molecule has 0 bridgehead atoms. The maximum atomic E-state index is 13.9. The number of rotatable bonds is 23. The number of nitrogens with two attached hydrogens (primary N) is 2. The number of esters is 2. The number of carbonyl (C=O) groups is 4. The van der Waals surface area contributed by atoms with Gasteiger partial charge in [0.25, 0.3) is 0 Å². The first-order chi connectivity index (χ1) is 22.5. The van der Waals surface area contributed by atoms with Crippen LogP contribution in [0.2, 0.25) is 0 Å². The highest BCUT2D eigenvalue weighted by Crippen LogP contribution is 2.14. The zero-order chi connectivity index (χ0) is 34.5. The molecule has 260 valence electrons. The van der Waals surface area contributed by atoms with E-state index in [-0.39, 0.29) is 32.8 Å². The lowest BCUT2D eigenvalue weighted by atomic mass is 9.98. The van der Waals surface area contributed by atoms with Crippen molar-refractivity contribution in [3.63, 3.8) is 0 Å². The number of nitrogens with one attached hydrogen (secondary N) is 1. The highest BCUT2D eigenvalue weighted by molar-refractivity contribution is 6.06. The van der Waals surface area contributed by atoms with E-state index >= 15 is 0 Å². The monoisotopic (exact) mass is 659 g/mol. The van der Waals surface area contributed by atoms with Crippen molar-refractivity contribution in [1.82, 2.24) is 5.32 Å². The highest BCUT2D eigenvalue weighted by atomic mass is 16.6. The van der Waals surface area contributed by atoms with Gasteiger partial charge in [-0.2, -0.15) is 0 Å². The average molecular weight is 660 g/mol. The molecule has 5 N–H and O–H groups in total.